The molecule has 2 heterocycles. The van der Waals surface area contributed by atoms with Crippen LogP contribution < -0.4 is 11.1 Å². The number of benzene rings is 2. The van der Waals surface area contributed by atoms with Crippen LogP contribution in [0.2, 0.25) is 0 Å². The molecule has 2 amide bonds. The number of thioether (sulfide) groups is 1. The predicted octanol–water partition coefficient (Wildman–Crippen LogP) is 1.67. The lowest BCUT2D eigenvalue weighted by atomic mass is 9.98. The lowest BCUT2D eigenvalue weighted by molar-refractivity contribution is -0.150. The minimum Gasteiger partial charge on any atom is -0.477 e. The predicted molar refractivity (Wildman–Crippen MR) is 113 cm³/mol. The van der Waals surface area contributed by atoms with E-state index in [1.54, 1.807) is 24.3 Å². The van der Waals surface area contributed by atoms with Gasteiger partial charge in [-0.25, -0.2) is 4.79 Å². The molecule has 0 aromatic heterocycles. The second-order valence-corrected chi connectivity index (χ2v) is 8.31. The zero-order chi connectivity index (χ0) is 21.3. The van der Waals surface area contributed by atoms with E-state index >= 15 is 0 Å². The Morgan fingerprint density at radius 1 is 1.13 bits per heavy atom. The molecule has 2 aliphatic rings. The number of nitrogens with two attached hydrogens (primary N) is 1. The fraction of sp³-hybridized carbons (Fsp3) is 0.227. The minimum atomic E-state index is -1.13. The Morgan fingerprint density at radius 3 is 2.40 bits per heavy atom. The van der Waals surface area contributed by atoms with Crippen LogP contribution in [0.1, 0.15) is 17.2 Å². The van der Waals surface area contributed by atoms with E-state index in [1.165, 1.54) is 16.7 Å². The van der Waals surface area contributed by atoms with E-state index in [0.29, 0.717) is 23.3 Å². The van der Waals surface area contributed by atoms with E-state index in [-0.39, 0.29) is 5.70 Å². The first-order valence-electron chi connectivity index (χ1n) is 9.52. The molecule has 0 unspecified atom stereocenters. The summed E-state index contributed by atoms with van der Waals surface area (Å²) >= 11 is 1.45. The first-order chi connectivity index (χ1) is 14.5. The van der Waals surface area contributed by atoms with Gasteiger partial charge in [-0.15, -0.1) is 11.8 Å². The molecule has 154 valence electrons. The Bertz CT molecular complexity index is 1010. The molecule has 1 saturated heterocycles. The fourth-order valence-electron chi connectivity index (χ4n) is 3.72. The number of amides is 2. The van der Waals surface area contributed by atoms with Crippen molar-refractivity contribution in [3.05, 3.63) is 83.1 Å². The van der Waals surface area contributed by atoms with Gasteiger partial charge in [0, 0.05) is 5.75 Å². The molecule has 0 bridgehead atoms. The number of nitrogens with one attached hydrogen (secondary N) is 1. The average molecular weight is 423 g/mol. The van der Waals surface area contributed by atoms with Crippen molar-refractivity contribution in [1.82, 2.24) is 10.2 Å². The number of carboxylic acid groups (broad SMARTS) is 1. The fourth-order valence-corrected chi connectivity index (χ4v) is 5.06. The Hall–Kier alpha value is -3.10. The lowest BCUT2D eigenvalue weighted by Crippen LogP contribution is -2.71. The van der Waals surface area contributed by atoms with E-state index in [4.69, 9.17) is 5.73 Å². The molecule has 0 radical (unpaired) electrons. The zero-order valence-electron chi connectivity index (χ0n) is 16.0. The molecule has 7 nitrogen and oxygen atoms in total. The van der Waals surface area contributed by atoms with Gasteiger partial charge < -0.3 is 16.2 Å². The number of aliphatic carboxylic acids is 1. The third-order valence-electron chi connectivity index (χ3n) is 5.25. The summed E-state index contributed by atoms with van der Waals surface area (Å²) in [6, 6.07) is 16.7. The topological polar surface area (TPSA) is 113 Å². The van der Waals surface area contributed by atoms with Crippen LogP contribution in [0.3, 0.4) is 0 Å². The van der Waals surface area contributed by atoms with Crippen LogP contribution in [0.25, 0.3) is 0 Å². The van der Waals surface area contributed by atoms with Crippen LogP contribution in [0, 0.1) is 0 Å². The van der Waals surface area contributed by atoms with Crippen molar-refractivity contribution < 1.29 is 19.5 Å². The van der Waals surface area contributed by atoms with Crippen molar-refractivity contribution in [3.8, 4) is 0 Å². The second kappa shape index (κ2) is 8.33. The van der Waals surface area contributed by atoms with E-state index in [2.05, 4.69) is 5.32 Å². The van der Waals surface area contributed by atoms with Crippen molar-refractivity contribution in [2.45, 2.75) is 23.9 Å². The molecule has 30 heavy (non-hydrogen) atoms. The summed E-state index contributed by atoms with van der Waals surface area (Å²) in [4.78, 5) is 38.5. The smallest absolute Gasteiger partial charge is 0.352 e. The molecule has 2 aromatic rings. The first kappa shape index (κ1) is 20.2. The molecule has 2 aromatic carbocycles. The average Bonchev–Trinajstić information content (AvgIpc) is 2.77. The number of carbonyl (C=O) groups excluding carboxylic acids is 2. The summed E-state index contributed by atoms with van der Waals surface area (Å²) < 4.78 is 0. The highest BCUT2D eigenvalue weighted by atomic mass is 32.2. The van der Waals surface area contributed by atoms with Gasteiger partial charge in [0.05, 0.1) is 0 Å². The van der Waals surface area contributed by atoms with Gasteiger partial charge in [0.15, 0.2) is 0 Å². The largest absolute Gasteiger partial charge is 0.477 e. The standard InChI is InChI=1S/C22H21N3O4S/c23-16(14-9-5-2-6-10-14)19(26)24-17-20(27)25-18(22(28)29)15(12-30-21(17)25)11-13-7-3-1-4-8-13/h1-10,16-17,21H,11-12,23H2,(H,24,26)(H,28,29)/t16-,17-,21-/m1/s1. The number of hydrogen-bond acceptors (Lipinski definition) is 5. The van der Waals surface area contributed by atoms with E-state index in [1.807, 2.05) is 36.4 Å². The number of fused-ring (bicyclic) bond motifs is 1. The van der Waals surface area contributed by atoms with Crippen LogP contribution in [-0.4, -0.2) is 45.0 Å². The summed E-state index contributed by atoms with van der Waals surface area (Å²) in [5, 5.41) is 12.0. The molecule has 8 heteroatoms. The second-order valence-electron chi connectivity index (χ2n) is 7.20. The SMILES string of the molecule is N[C@@H](C(=O)N[C@@H]1C(=O)N2C(C(=O)O)=C(Cc3ccccc3)CS[C@H]12)c1ccccc1. The third kappa shape index (κ3) is 3.71. The van der Waals surface area contributed by atoms with Crippen LogP contribution >= 0.6 is 11.8 Å². The van der Waals surface area contributed by atoms with Crippen LogP contribution in [0.5, 0.6) is 0 Å². The normalized spacial score (nSPS) is 21.5. The van der Waals surface area contributed by atoms with Gasteiger partial charge in [-0.05, 0) is 23.1 Å². The molecule has 0 aliphatic carbocycles. The van der Waals surface area contributed by atoms with Crippen LogP contribution in [0.4, 0.5) is 0 Å². The summed E-state index contributed by atoms with van der Waals surface area (Å²) in [5.41, 5.74) is 8.35. The highest BCUT2D eigenvalue weighted by molar-refractivity contribution is 8.00. The summed E-state index contributed by atoms with van der Waals surface area (Å²) in [6.07, 6.45) is 0.460. The highest BCUT2D eigenvalue weighted by Crippen LogP contribution is 2.41. The Morgan fingerprint density at radius 2 is 1.77 bits per heavy atom. The van der Waals surface area contributed by atoms with Crippen molar-refractivity contribution in [2.75, 3.05) is 5.75 Å². The summed E-state index contributed by atoms with van der Waals surface area (Å²) in [6.45, 7) is 0. The number of carbonyl (C=O) groups is 3. The molecule has 4 rings (SSSR count). The highest BCUT2D eigenvalue weighted by Gasteiger charge is 2.54. The number of carboxylic acids is 1. The quantitative estimate of drug-likeness (QED) is 0.609. The molecular weight excluding hydrogens is 402 g/mol. The Kier molecular flexibility index (Phi) is 5.61. The maximum absolute atomic E-state index is 12.8. The molecule has 4 N–H and O–H groups in total. The monoisotopic (exact) mass is 423 g/mol. The summed E-state index contributed by atoms with van der Waals surface area (Å²) in [5.74, 6) is -1.55. The van der Waals surface area contributed by atoms with Gasteiger partial charge in [-0.1, -0.05) is 60.7 Å². The first-order valence-corrected chi connectivity index (χ1v) is 10.6. The maximum atomic E-state index is 12.8. The third-order valence-corrected chi connectivity index (χ3v) is 6.59. The molecular formula is C22H21N3O4S. The maximum Gasteiger partial charge on any atom is 0.352 e. The van der Waals surface area contributed by atoms with Crippen LogP contribution in [-0.2, 0) is 20.8 Å². The van der Waals surface area contributed by atoms with Crippen molar-refractivity contribution in [1.29, 1.82) is 0 Å². The van der Waals surface area contributed by atoms with Gasteiger partial charge in [0.2, 0.25) is 5.91 Å². The Balaban J connectivity index is 1.50. The van der Waals surface area contributed by atoms with Gasteiger partial charge >= 0.3 is 5.97 Å². The molecule has 0 saturated carbocycles. The van der Waals surface area contributed by atoms with Gasteiger partial charge in [0.1, 0.15) is 23.2 Å². The minimum absolute atomic E-state index is 0.0189. The van der Waals surface area contributed by atoms with Crippen molar-refractivity contribution >= 4 is 29.5 Å². The van der Waals surface area contributed by atoms with Gasteiger partial charge in [0.25, 0.3) is 5.91 Å². The Labute approximate surface area is 177 Å². The zero-order valence-corrected chi connectivity index (χ0v) is 16.8. The number of rotatable bonds is 6. The number of hydrogen-bond donors (Lipinski definition) is 3. The van der Waals surface area contributed by atoms with Crippen molar-refractivity contribution in [3.63, 3.8) is 0 Å². The molecule has 3 atom stereocenters. The number of β-lactam (4-membered cyclic amide) rings is 1. The van der Waals surface area contributed by atoms with Gasteiger partial charge in [-0.2, -0.15) is 0 Å². The number of nitrogens with zero attached hydrogens (tertiary/aromatic N) is 1. The van der Waals surface area contributed by atoms with E-state index < -0.39 is 35.2 Å². The molecule has 2 aliphatic heterocycles. The van der Waals surface area contributed by atoms with Gasteiger partial charge in [-0.3, -0.25) is 14.5 Å². The van der Waals surface area contributed by atoms with E-state index in [0.717, 1.165) is 5.56 Å². The van der Waals surface area contributed by atoms with E-state index in [9.17, 15) is 19.5 Å². The summed E-state index contributed by atoms with van der Waals surface area (Å²) in [7, 11) is 0. The molecule has 0 spiro atoms. The molecule has 1 fully saturated rings. The lowest BCUT2D eigenvalue weighted by Gasteiger charge is -2.49. The van der Waals surface area contributed by atoms with Crippen LogP contribution in [0.15, 0.2) is 71.9 Å². The van der Waals surface area contributed by atoms with Crippen molar-refractivity contribution in [2.24, 2.45) is 5.73 Å².